The van der Waals surface area contributed by atoms with Crippen molar-refractivity contribution in [3.63, 3.8) is 0 Å². The molecule has 1 aliphatic rings. The Morgan fingerprint density at radius 1 is 0.824 bits per heavy atom. The number of hydrogen-bond acceptors (Lipinski definition) is 2. The van der Waals surface area contributed by atoms with E-state index in [-0.39, 0.29) is 10.8 Å². The van der Waals surface area contributed by atoms with Gasteiger partial charge in [-0.05, 0) is 77.1 Å². The van der Waals surface area contributed by atoms with E-state index >= 15 is 0 Å². The molecule has 174 valence electrons. The van der Waals surface area contributed by atoms with Gasteiger partial charge in [0.15, 0.2) is 4.80 Å². The van der Waals surface area contributed by atoms with Gasteiger partial charge in [0.1, 0.15) is 0 Å². The quantitative estimate of drug-likeness (QED) is 0.287. The molecule has 0 N–H and O–H groups in total. The maximum Gasteiger partial charge on any atom is 0.195 e. The van der Waals surface area contributed by atoms with Crippen LogP contribution < -0.4 is 4.80 Å². The summed E-state index contributed by atoms with van der Waals surface area (Å²) in [5.74, 6) is 0. The molecule has 0 bridgehead atoms. The molecule has 4 aromatic rings. The molecule has 0 saturated heterocycles. The SMILES string of the molecule is CCc1cc2c(cc1-c1csc(=Nc3ccccc3)n1-c1ccccc1)C(C)(C)CCC2(C)C. The van der Waals surface area contributed by atoms with Crippen LogP contribution in [0, 0.1) is 0 Å². The van der Waals surface area contributed by atoms with E-state index in [9.17, 15) is 0 Å². The Balaban J connectivity index is 1.79. The molecular formula is C31H34N2S. The van der Waals surface area contributed by atoms with E-state index in [0.717, 1.165) is 22.6 Å². The average Bonchev–Trinajstić information content (AvgIpc) is 3.25. The summed E-state index contributed by atoms with van der Waals surface area (Å²) in [5, 5.41) is 2.29. The van der Waals surface area contributed by atoms with E-state index in [1.807, 2.05) is 18.2 Å². The summed E-state index contributed by atoms with van der Waals surface area (Å²) in [5.41, 5.74) is 9.52. The van der Waals surface area contributed by atoms with Gasteiger partial charge in [0.05, 0.1) is 11.4 Å². The van der Waals surface area contributed by atoms with Crippen molar-refractivity contribution in [2.24, 2.45) is 4.99 Å². The Morgan fingerprint density at radius 2 is 1.41 bits per heavy atom. The highest BCUT2D eigenvalue weighted by Crippen LogP contribution is 2.48. The van der Waals surface area contributed by atoms with Crippen LogP contribution in [0.4, 0.5) is 5.69 Å². The highest BCUT2D eigenvalue weighted by molar-refractivity contribution is 7.07. The van der Waals surface area contributed by atoms with Crippen LogP contribution >= 0.6 is 11.3 Å². The lowest BCUT2D eigenvalue weighted by Crippen LogP contribution is -2.34. The molecular weight excluding hydrogens is 432 g/mol. The first-order valence-corrected chi connectivity index (χ1v) is 13.2. The van der Waals surface area contributed by atoms with E-state index < -0.39 is 0 Å². The topological polar surface area (TPSA) is 17.3 Å². The maximum absolute atomic E-state index is 5.04. The predicted molar refractivity (Wildman–Crippen MR) is 145 cm³/mol. The largest absolute Gasteiger partial charge is 0.285 e. The molecule has 0 radical (unpaired) electrons. The van der Waals surface area contributed by atoms with Crippen molar-refractivity contribution in [1.82, 2.24) is 4.57 Å². The van der Waals surface area contributed by atoms with Gasteiger partial charge in [0.25, 0.3) is 0 Å². The molecule has 0 unspecified atom stereocenters. The third-order valence-corrected chi connectivity index (χ3v) is 8.26. The van der Waals surface area contributed by atoms with Gasteiger partial charge in [-0.3, -0.25) is 4.57 Å². The summed E-state index contributed by atoms with van der Waals surface area (Å²) in [6.45, 7) is 11.9. The minimum atomic E-state index is 0.177. The van der Waals surface area contributed by atoms with Gasteiger partial charge in [-0.15, -0.1) is 11.3 Å². The third-order valence-electron chi connectivity index (χ3n) is 7.44. The fourth-order valence-electron chi connectivity index (χ4n) is 5.21. The zero-order valence-electron chi connectivity index (χ0n) is 20.9. The lowest BCUT2D eigenvalue weighted by atomic mass is 9.62. The van der Waals surface area contributed by atoms with Crippen LogP contribution in [-0.4, -0.2) is 4.57 Å². The normalized spacial score (nSPS) is 16.9. The van der Waals surface area contributed by atoms with Gasteiger partial charge in [0.2, 0.25) is 0 Å². The van der Waals surface area contributed by atoms with Crippen molar-refractivity contribution in [2.45, 2.75) is 64.7 Å². The minimum Gasteiger partial charge on any atom is -0.285 e. The fourth-order valence-corrected chi connectivity index (χ4v) is 6.12. The summed E-state index contributed by atoms with van der Waals surface area (Å²) in [7, 11) is 0. The summed E-state index contributed by atoms with van der Waals surface area (Å²) in [4.78, 5) is 6.03. The smallest absolute Gasteiger partial charge is 0.195 e. The number of nitrogens with zero attached hydrogens (tertiary/aromatic N) is 2. The van der Waals surface area contributed by atoms with E-state index in [1.165, 1.54) is 40.8 Å². The van der Waals surface area contributed by atoms with Gasteiger partial charge in [-0.2, -0.15) is 0 Å². The summed E-state index contributed by atoms with van der Waals surface area (Å²) < 4.78 is 2.33. The summed E-state index contributed by atoms with van der Waals surface area (Å²) >= 11 is 1.71. The van der Waals surface area contributed by atoms with Crippen molar-refractivity contribution < 1.29 is 0 Å². The Kier molecular flexibility index (Phi) is 5.85. The second kappa shape index (κ2) is 8.70. The van der Waals surface area contributed by atoms with Crippen molar-refractivity contribution in [3.05, 3.63) is 99.7 Å². The lowest BCUT2D eigenvalue weighted by molar-refractivity contribution is 0.331. The van der Waals surface area contributed by atoms with Crippen LogP contribution in [0.2, 0.25) is 0 Å². The number of fused-ring (bicyclic) bond motifs is 1. The number of rotatable bonds is 4. The number of para-hydroxylation sites is 2. The molecule has 0 saturated carbocycles. The molecule has 1 aromatic heterocycles. The van der Waals surface area contributed by atoms with E-state index in [2.05, 4.69) is 99.2 Å². The van der Waals surface area contributed by atoms with Crippen LogP contribution in [-0.2, 0) is 17.3 Å². The van der Waals surface area contributed by atoms with E-state index in [4.69, 9.17) is 4.99 Å². The Labute approximate surface area is 207 Å². The third kappa shape index (κ3) is 4.07. The molecule has 0 spiro atoms. The predicted octanol–water partition coefficient (Wildman–Crippen LogP) is 8.35. The van der Waals surface area contributed by atoms with Crippen molar-refractivity contribution in [3.8, 4) is 16.9 Å². The van der Waals surface area contributed by atoms with Crippen molar-refractivity contribution >= 4 is 17.0 Å². The van der Waals surface area contributed by atoms with Crippen molar-refractivity contribution in [1.29, 1.82) is 0 Å². The highest BCUT2D eigenvalue weighted by Gasteiger charge is 2.37. The fraction of sp³-hybridized carbons (Fsp3) is 0.323. The average molecular weight is 467 g/mol. The summed E-state index contributed by atoms with van der Waals surface area (Å²) in [6, 6.07) is 25.9. The number of aromatic nitrogens is 1. The van der Waals surface area contributed by atoms with Crippen molar-refractivity contribution in [2.75, 3.05) is 0 Å². The first kappa shape index (κ1) is 22.9. The molecule has 3 aromatic carbocycles. The lowest BCUT2D eigenvalue weighted by Gasteiger charge is -2.42. The molecule has 5 rings (SSSR count). The van der Waals surface area contributed by atoms with Gasteiger partial charge in [-0.1, -0.05) is 77.1 Å². The van der Waals surface area contributed by atoms with E-state index in [0.29, 0.717) is 0 Å². The Bertz CT molecular complexity index is 1370. The standard InChI is InChI=1S/C31H34N2S/c1-6-22-19-26-27(31(4,5)18-17-30(26,2)3)20-25(22)28-21-34-29(32-23-13-9-7-10-14-23)33(28)24-15-11-8-12-16-24/h7-16,19-21H,6,17-18H2,1-5H3. The van der Waals surface area contributed by atoms with Crippen LogP contribution in [0.5, 0.6) is 0 Å². The minimum absolute atomic E-state index is 0.177. The van der Waals surface area contributed by atoms with Crippen LogP contribution in [0.15, 0.2) is 83.2 Å². The number of hydrogen-bond donors (Lipinski definition) is 0. The first-order valence-electron chi connectivity index (χ1n) is 12.3. The van der Waals surface area contributed by atoms with Crippen LogP contribution in [0.25, 0.3) is 16.9 Å². The monoisotopic (exact) mass is 466 g/mol. The van der Waals surface area contributed by atoms with Gasteiger partial charge < -0.3 is 0 Å². The summed E-state index contributed by atoms with van der Waals surface area (Å²) in [6.07, 6.45) is 3.46. The molecule has 1 aliphatic carbocycles. The zero-order chi connectivity index (χ0) is 23.9. The van der Waals surface area contributed by atoms with Gasteiger partial charge in [-0.25, -0.2) is 4.99 Å². The molecule has 34 heavy (non-hydrogen) atoms. The maximum atomic E-state index is 5.04. The highest BCUT2D eigenvalue weighted by atomic mass is 32.1. The molecule has 0 aliphatic heterocycles. The molecule has 0 atom stereocenters. The number of benzene rings is 3. The second-order valence-electron chi connectivity index (χ2n) is 10.7. The van der Waals surface area contributed by atoms with Gasteiger partial charge >= 0.3 is 0 Å². The molecule has 0 fully saturated rings. The van der Waals surface area contributed by atoms with Crippen LogP contribution in [0.3, 0.4) is 0 Å². The zero-order valence-corrected chi connectivity index (χ0v) is 21.7. The molecule has 1 heterocycles. The molecule has 2 nitrogen and oxygen atoms in total. The second-order valence-corrected chi connectivity index (χ2v) is 11.5. The molecule has 0 amide bonds. The van der Waals surface area contributed by atoms with E-state index in [1.54, 1.807) is 11.3 Å². The van der Waals surface area contributed by atoms with Gasteiger partial charge in [0, 0.05) is 16.6 Å². The first-order chi connectivity index (χ1) is 16.3. The number of aryl methyl sites for hydroxylation is 1. The Morgan fingerprint density at radius 3 is 2.03 bits per heavy atom. The Hall–Kier alpha value is -2.91. The molecule has 3 heteroatoms. The van der Waals surface area contributed by atoms with Crippen LogP contribution in [0.1, 0.15) is 64.2 Å². The number of thiazole rings is 1.